The minimum absolute atomic E-state index is 0.443. The Hall–Kier alpha value is -3.47. The Morgan fingerprint density at radius 3 is 2.42 bits per heavy atom. The number of hydrogen-bond acceptors (Lipinski definition) is 5. The zero-order valence-corrected chi connectivity index (χ0v) is 12.7. The second-order valence-electron chi connectivity index (χ2n) is 5.15. The van der Waals surface area contributed by atoms with Gasteiger partial charge in [0.25, 0.3) is 0 Å². The van der Waals surface area contributed by atoms with Crippen LogP contribution < -0.4 is 4.74 Å². The number of aromatic nitrogens is 3. The van der Waals surface area contributed by atoms with E-state index in [1.54, 1.807) is 12.4 Å². The largest absolute Gasteiger partial charge is 0.457 e. The van der Waals surface area contributed by atoms with E-state index in [2.05, 4.69) is 15.2 Å². The van der Waals surface area contributed by atoms with Gasteiger partial charge in [-0.3, -0.25) is 4.98 Å². The lowest BCUT2D eigenvalue weighted by Gasteiger charge is -2.10. The number of para-hydroxylation sites is 1. The van der Waals surface area contributed by atoms with Gasteiger partial charge in [-0.1, -0.05) is 24.3 Å². The molecule has 0 unspecified atom stereocenters. The average Bonchev–Trinajstić information content (AvgIpc) is 3.18. The molecule has 24 heavy (non-hydrogen) atoms. The molecule has 0 amide bonds. The summed E-state index contributed by atoms with van der Waals surface area (Å²) in [6.45, 7) is 0. The van der Waals surface area contributed by atoms with Gasteiger partial charge in [-0.15, -0.1) is 10.2 Å². The second kappa shape index (κ2) is 6.34. The van der Waals surface area contributed by atoms with Crippen molar-refractivity contribution in [3.05, 3.63) is 79.5 Å². The van der Waals surface area contributed by atoms with Gasteiger partial charge in [-0.2, -0.15) is 0 Å². The predicted octanol–water partition coefficient (Wildman–Crippen LogP) is 4.59. The van der Waals surface area contributed by atoms with Crippen LogP contribution in [0.3, 0.4) is 0 Å². The van der Waals surface area contributed by atoms with E-state index >= 15 is 0 Å². The third-order valence-corrected chi connectivity index (χ3v) is 3.49. The minimum atomic E-state index is 0.443. The molecule has 0 atom stereocenters. The van der Waals surface area contributed by atoms with Crippen LogP contribution in [0.15, 0.2) is 83.9 Å². The SMILES string of the molecule is c1ccc(Oc2cc(-c3cccnc3)cc(-c3nnco3)c2)cc1. The van der Waals surface area contributed by atoms with Gasteiger partial charge in [-0.25, -0.2) is 0 Å². The standard InChI is InChI=1S/C19H13N3O2/c1-2-6-17(7-3-1)24-18-10-15(14-5-4-8-20-12-14)9-16(11-18)19-22-21-13-23-19/h1-13H. The van der Waals surface area contributed by atoms with Gasteiger partial charge >= 0.3 is 0 Å². The molecular formula is C19H13N3O2. The molecule has 4 aromatic rings. The highest BCUT2D eigenvalue weighted by Gasteiger charge is 2.10. The van der Waals surface area contributed by atoms with Crippen molar-refractivity contribution >= 4 is 0 Å². The van der Waals surface area contributed by atoms with Crippen LogP contribution in [0.4, 0.5) is 0 Å². The topological polar surface area (TPSA) is 61.0 Å². The first-order chi connectivity index (χ1) is 11.9. The van der Waals surface area contributed by atoms with Crippen LogP contribution in [0.25, 0.3) is 22.6 Å². The van der Waals surface area contributed by atoms with E-state index in [9.17, 15) is 0 Å². The van der Waals surface area contributed by atoms with E-state index in [0.717, 1.165) is 22.4 Å². The van der Waals surface area contributed by atoms with Crippen molar-refractivity contribution in [2.75, 3.05) is 0 Å². The quantitative estimate of drug-likeness (QED) is 0.551. The molecule has 5 heteroatoms. The van der Waals surface area contributed by atoms with Crippen LogP contribution in [-0.4, -0.2) is 15.2 Å². The number of ether oxygens (including phenoxy) is 1. The van der Waals surface area contributed by atoms with E-state index in [1.807, 2.05) is 60.7 Å². The Labute approximate surface area is 138 Å². The van der Waals surface area contributed by atoms with E-state index < -0.39 is 0 Å². The van der Waals surface area contributed by atoms with E-state index in [4.69, 9.17) is 9.15 Å². The van der Waals surface area contributed by atoms with Crippen LogP contribution in [0, 0.1) is 0 Å². The monoisotopic (exact) mass is 315 g/mol. The van der Waals surface area contributed by atoms with Crippen molar-refractivity contribution in [1.82, 2.24) is 15.2 Å². The first-order valence-corrected chi connectivity index (χ1v) is 7.43. The molecule has 0 aliphatic carbocycles. The smallest absolute Gasteiger partial charge is 0.247 e. The fourth-order valence-electron chi connectivity index (χ4n) is 2.41. The molecule has 4 rings (SSSR count). The summed E-state index contributed by atoms with van der Waals surface area (Å²) in [6, 6.07) is 19.3. The van der Waals surface area contributed by atoms with Gasteiger partial charge in [0.1, 0.15) is 11.5 Å². The van der Waals surface area contributed by atoms with Gasteiger partial charge in [0.2, 0.25) is 12.3 Å². The van der Waals surface area contributed by atoms with Crippen LogP contribution in [-0.2, 0) is 0 Å². The van der Waals surface area contributed by atoms with Crippen molar-refractivity contribution in [3.8, 4) is 34.1 Å². The maximum Gasteiger partial charge on any atom is 0.247 e. The van der Waals surface area contributed by atoms with E-state index in [0.29, 0.717) is 11.6 Å². The van der Waals surface area contributed by atoms with Crippen molar-refractivity contribution in [1.29, 1.82) is 0 Å². The molecule has 116 valence electrons. The lowest BCUT2D eigenvalue weighted by molar-refractivity contribution is 0.482. The van der Waals surface area contributed by atoms with Crippen LogP contribution in [0.1, 0.15) is 0 Å². The van der Waals surface area contributed by atoms with Gasteiger partial charge < -0.3 is 9.15 Å². The summed E-state index contributed by atoms with van der Waals surface area (Å²) < 4.78 is 11.3. The summed E-state index contributed by atoms with van der Waals surface area (Å²) in [7, 11) is 0. The molecule has 0 aliphatic rings. The number of pyridine rings is 1. The van der Waals surface area contributed by atoms with Crippen LogP contribution >= 0.6 is 0 Å². The second-order valence-corrected chi connectivity index (χ2v) is 5.15. The summed E-state index contributed by atoms with van der Waals surface area (Å²) in [6.07, 6.45) is 4.86. The molecule has 0 saturated heterocycles. The molecular weight excluding hydrogens is 302 g/mol. The lowest BCUT2D eigenvalue weighted by atomic mass is 10.0. The molecule has 0 fully saturated rings. The summed E-state index contributed by atoms with van der Waals surface area (Å²) >= 11 is 0. The first kappa shape index (κ1) is 14.1. The summed E-state index contributed by atoms with van der Waals surface area (Å²) in [5.74, 6) is 1.90. The molecule has 0 aliphatic heterocycles. The van der Waals surface area contributed by atoms with Crippen molar-refractivity contribution in [2.45, 2.75) is 0 Å². The van der Waals surface area contributed by atoms with Crippen molar-refractivity contribution < 1.29 is 9.15 Å². The summed E-state index contributed by atoms with van der Waals surface area (Å²) in [4.78, 5) is 4.17. The molecule has 2 aromatic heterocycles. The zero-order valence-electron chi connectivity index (χ0n) is 12.7. The highest BCUT2D eigenvalue weighted by molar-refractivity contribution is 5.71. The normalized spacial score (nSPS) is 10.5. The van der Waals surface area contributed by atoms with Crippen molar-refractivity contribution in [3.63, 3.8) is 0 Å². The average molecular weight is 315 g/mol. The molecule has 0 saturated carbocycles. The zero-order chi connectivity index (χ0) is 16.2. The van der Waals surface area contributed by atoms with Gasteiger partial charge in [0, 0.05) is 23.5 Å². The maximum atomic E-state index is 5.97. The molecule has 2 aromatic carbocycles. The summed E-state index contributed by atoms with van der Waals surface area (Å²) in [5.41, 5.74) is 2.74. The highest BCUT2D eigenvalue weighted by Crippen LogP contribution is 2.32. The molecule has 0 radical (unpaired) electrons. The Balaban J connectivity index is 1.79. The minimum Gasteiger partial charge on any atom is -0.457 e. The molecule has 0 spiro atoms. The number of benzene rings is 2. The first-order valence-electron chi connectivity index (χ1n) is 7.43. The third-order valence-electron chi connectivity index (χ3n) is 3.49. The van der Waals surface area contributed by atoms with Crippen LogP contribution in [0.5, 0.6) is 11.5 Å². The molecule has 2 heterocycles. The Bertz CT molecular complexity index is 924. The fourth-order valence-corrected chi connectivity index (χ4v) is 2.41. The van der Waals surface area contributed by atoms with Gasteiger partial charge in [0.05, 0.1) is 0 Å². The number of rotatable bonds is 4. The molecule has 5 nitrogen and oxygen atoms in total. The van der Waals surface area contributed by atoms with E-state index in [1.165, 1.54) is 6.39 Å². The summed E-state index contributed by atoms with van der Waals surface area (Å²) in [5, 5.41) is 7.73. The van der Waals surface area contributed by atoms with Crippen LogP contribution in [0.2, 0.25) is 0 Å². The van der Waals surface area contributed by atoms with Gasteiger partial charge in [0.15, 0.2) is 0 Å². The molecule has 0 bridgehead atoms. The number of hydrogen-bond donors (Lipinski definition) is 0. The third kappa shape index (κ3) is 3.01. The Morgan fingerprint density at radius 2 is 1.67 bits per heavy atom. The fraction of sp³-hybridized carbons (Fsp3) is 0. The maximum absolute atomic E-state index is 5.97. The van der Waals surface area contributed by atoms with Crippen molar-refractivity contribution in [2.24, 2.45) is 0 Å². The van der Waals surface area contributed by atoms with Gasteiger partial charge in [-0.05, 0) is 42.0 Å². The lowest BCUT2D eigenvalue weighted by Crippen LogP contribution is -1.88. The van der Waals surface area contributed by atoms with E-state index in [-0.39, 0.29) is 0 Å². The Morgan fingerprint density at radius 1 is 0.792 bits per heavy atom. The Kier molecular flexibility index (Phi) is 3.73. The number of nitrogens with zero attached hydrogens (tertiary/aromatic N) is 3. The molecule has 0 N–H and O–H groups in total. The highest BCUT2D eigenvalue weighted by atomic mass is 16.5. The predicted molar refractivity (Wildman–Crippen MR) is 89.5 cm³/mol.